The van der Waals surface area contributed by atoms with Crippen molar-refractivity contribution in [1.29, 1.82) is 0 Å². The number of anilines is 1. The van der Waals surface area contributed by atoms with Gasteiger partial charge >= 0.3 is 6.18 Å². The lowest BCUT2D eigenvalue weighted by Crippen LogP contribution is -2.44. The number of carbonyl (C=O) groups is 1. The van der Waals surface area contributed by atoms with Crippen LogP contribution in [-0.4, -0.2) is 18.1 Å². The third kappa shape index (κ3) is 4.11. The standard InChI is InChI=1S/C19H26F3NO/c1-12(2)23(17-10-13(3)8-9-14(17)4)18(24)15-6-5-7-16(11-15)19(20,21)22/h8-10,12,15-16H,5-7,11H2,1-4H3. The van der Waals surface area contributed by atoms with Crippen LogP contribution in [0, 0.1) is 25.7 Å². The number of hydrogen-bond donors (Lipinski definition) is 0. The second kappa shape index (κ2) is 7.16. The van der Waals surface area contributed by atoms with Gasteiger partial charge in [0.05, 0.1) is 5.92 Å². The Morgan fingerprint density at radius 3 is 2.46 bits per heavy atom. The van der Waals surface area contributed by atoms with Crippen LogP contribution in [0.2, 0.25) is 0 Å². The van der Waals surface area contributed by atoms with Crippen LogP contribution >= 0.6 is 0 Å². The normalized spacial score (nSPS) is 21.8. The van der Waals surface area contributed by atoms with E-state index < -0.39 is 18.0 Å². The molecule has 0 bridgehead atoms. The zero-order chi connectivity index (χ0) is 18.1. The van der Waals surface area contributed by atoms with E-state index in [1.54, 1.807) is 4.90 Å². The molecule has 24 heavy (non-hydrogen) atoms. The maximum Gasteiger partial charge on any atom is 0.391 e. The molecule has 2 nitrogen and oxygen atoms in total. The Bertz CT molecular complexity index is 595. The predicted octanol–water partition coefficient (Wildman–Crippen LogP) is 5.41. The second-order valence-electron chi connectivity index (χ2n) is 7.19. The molecule has 0 heterocycles. The van der Waals surface area contributed by atoms with Crippen LogP contribution in [0.5, 0.6) is 0 Å². The van der Waals surface area contributed by atoms with Gasteiger partial charge in [0.2, 0.25) is 5.91 Å². The highest BCUT2D eigenvalue weighted by atomic mass is 19.4. The summed E-state index contributed by atoms with van der Waals surface area (Å²) in [5.41, 5.74) is 2.81. The quantitative estimate of drug-likeness (QED) is 0.719. The topological polar surface area (TPSA) is 20.3 Å². The minimum Gasteiger partial charge on any atom is -0.309 e. The van der Waals surface area contributed by atoms with Gasteiger partial charge in [0.1, 0.15) is 0 Å². The highest BCUT2D eigenvalue weighted by Gasteiger charge is 2.44. The van der Waals surface area contributed by atoms with Crippen molar-refractivity contribution in [3.05, 3.63) is 29.3 Å². The number of amides is 1. The molecular formula is C19H26F3NO. The lowest BCUT2D eigenvalue weighted by Gasteiger charge is -2.36. The number of halogens is 3. The number of carbonyl (C=O) groups excluding carboxylic acids is 1. The largest absolute Gasteiger partial charge is 0.391 e. The molecule has 134 valence electrons. The number of aryl methyl sites for hydroxylation is 2. The lowest BCUT2D eigenvalue weighted by atomic mass is 9.80. The van der Waals surface area contributed by atoms with Crippen molar-refractivity contribution in [2.45, 2.75) is 65.6 Å². The van der Waals surface area contributed by atoms with E-state index in [-0.39, 0.29) is 24.8 Å². The summed E-state index contributed by atoms with van der Waals surface area (Å²) in [5.74, 6) is -2.08. The minimum atomic E-state index is -4.21. The summed E-state index contributed by atoms with van der Waals surface area (Å²) in [6.07, 6.45) is -3.16. The van der Waals surface area contributed by atoms with Crippen molar-refractivity contribution < 1.29 is 18.0 Å². The van der Waals surface area contributed by atoms with Crippen LogP contribution < -0.4 is 4.90 Å². The number of rotatable bonds is 3. The Kier molecular flexibility index (Phi) is 5.61. The monoisotopic (exact) mass is 341 g/mol. The van der Waals surface area contributed by atoms with Gasteiger partial charge in [0.25, 0.3) is 0 Å². The molecule has 1 fully saturated rings. The summed E-state index contributed by atoms with van der Waals surface area (Å²) in [7, 11) is 0. The van der Waals surface area contributed by atoms with Crippen molar-refractivity contribution in [3.8, 4) is 0 Å². The number of alkyl halides is 3. The predicted molar refractivity (Wildman–Crippen MR) is 90.0 cm³/mol. The Hall–Kier alpha value is -1.52. The molecule has 5 heteroatoms. The molecule has 0 radical (unpaired) electrons. The Morgan fingerprint density at radius 1 is 1.21 bits per heavy atom. The lowest BCUT2D eigenvalue weighted by molar-refractivity contribution is -0.186. The molecule has 2 atom stereocenters. The van der Waals surface area contributed by atoms with Gasteiger partial charge in [-0.25, -0.2) is 0 Å². The Morgan fingerprint density at radius 2 is 1.88 bits per heavy atom. The number of benzene rings is 1. The van der Waals surface area contributed by atoms with Crippen molar-refractivity contribution >= 4 is 11.6 Å². The molecule has 2 rings (SSSR count). The van der Waals surface area contributed by atoms with Gasteiger partial charge in [-0.3, -0.25) is 4.79 Å². The molecule has 1 aromatic rings. The van der Waals surface area contributed by atoms with Crippen molar-refractivity contribution in [2.75, 3.05) is 4.90 Å². The Labute approximate surface area is 142 Å². The van der Waals surface area contributed by atoms with Gasteiger partial charge in [-0.1, -0.05) is 18.6 Å². The minimum absolute atomic E-state index is 0.0869. The highest BCUT2D eigenvalue weighted by Crippen LogP contribution is 2.41. The van der Waals surface area contributed by atoms with Crippen LogP contribution in [0.15, 0.2) is 18.2 Å². The van der Waals surface area contributed by atoms with Crippen molar-refractivity contribution in [2.24, 2.45) is 11.8 Å². The van der Waals surface area contributed by atoms with E-state index >= 15 is 0 Å². The van der Waals surface area contributed by atoms with Gasteiger partial charge in [0, 0.05) is 17.6 Å². The maximum absolute atomic E-state index is 13.1. The first-order chi connectivity index (χ1) is 11.1. The summed E-state index contributed by atoms with van der Waals surface area (Å²) >= 11 is 0. The van der Waals surface area contributed by atoms with E-state index in [0.29, 0.717) is 12.8 Å². The molecule has 0 N–H and O–H groups in total. The highest BCUT2D eigenvalue weighted by molar-refractivity contribution is 5.96. The van der Waals surface area contributed by atoms with Crippen LogP contribution in [0.4, 0.5) is 18.9 Å². The van der Waals surface area contributed by atoms with E-state index in [2.05, 4.69) is 0 Å². The molecule has 2 unspecified atom stereocenters. The van der Waals surface area contributed by atoms with Gasteiger partial charge in [-0.15, -0.1) is 0 Å². The SMILES string of the molecule is Cc1ccc(C)c(N(C(=O)C2CCCC(C(F)(F)F)C2)C(C)C)c1. The van der Waals surface area contributed by atoms with Crippen LogP contribution in [-0.2, 0) is 4.79 Å². The summed E-state index contributed by atoms with van der Waals surface area (Å²) in [6.45, 7) is 7.69. The summed E-state index contributed by atoms with van der Waals surface area (Å²) in [6, 6.07) is 5.77. The fraction of sp³-hybridized carbons (Fsp3) is 0.632. The van der Waals surface area contributed by atoms with Crippen molar-refractivity contribution in [3.63, 3.8) is 0 Å². The second-order valence-corrected chi connectivity index (χ2v) is 7.19. The molecule has 1 aliphatic carbocycles. The first-order valence-electron chi connectivity index (χ1n) is 8.58. The van der Waals surface area contributed by atoms with E-state index in [9.17, 15) is 18.0 Å². The van der Waals surface area contributed by atoms with E-state index in [0.717, 1.165) is 16.8 Å². The van der Waals surface area contributed by atoms with Crippen LogP contribution in [0.1, 0.15) is 50.7 Å². The Balaban J connectivity index is 2.28. The molecule has 0 spiro atoms. The zero-order valence-electron chi connectivity index (χ0n) is 14.8. The molecule has 0 aliphatic heterocycles. The van der Waals surface area contributed by atoms with E-state index in [1.165, 1.54) is 0 Å². The zero-order valence-corrected chi connectivity index (χ0v) is 14.8. The molecule has 1 aromatic carbocycles. The van der Waals surface area contributed by atoms with Gasteiger partial charge in [0.15, 0.2) is 0 Å². The molecule has 1 aliphatic rings. The maximum atomic E-state index is 13.1. The fourth-order valence-corrected chi connectivity index (χ4v) is 3.54. The third-order valence-electron chi connectivity index (χ3n) is 4.86. The van der Waals surface area contributed by atoms with Crippen molar-refractivity contribution in [1.82, 2.24) is 0 Å². The van der Waals surface area contributed by atoms with Gasteiger partial charge < -0.3 is 4.90 Å². The average Bonchev–Trinajstić information content (AvgIpc) is 2.50. The average molecular weight is 341 g/mol. The third-order valence-corrected chi connectivity index (χ3v) is 4.86. The van der Waals surface area contributed by atoms with E-state index in [4.69, 9.17) is 0 Å². The molecule has 1 amide bonds. The first-order valence-corrected chi connectivity index (χ1v) is 8.58. The van der Waals surface area contributed by atoms with Gasteiger partial charge in [-0.05, 0) is 64.2 Å². The van der Waals surface area contributed by atoms with Crippen LogP contribution in [0.3, 0.4) is 0 Å². The molecule has 0 saturated heterocycles. The number of hydrogen-bond acceptors (Lipinski definition) is 1. The first kappa shape index (κ1) is 18.8. The summed E-state index contributed by atoms with van der Waals surface area (Å²) in [4.78, 5) is 14.7. The van der Waals surface area contributed by atoms with E-state index in [1.807, 2.05) is 45.9 Å². The summed E-state index contributed by atoms with van der Waals surface area (Å²) < 4.78 is 39.2. The fourth-order valence-electron chi connectivity index (χ4n) is 3.54. The van der Waals surface area contributed by atoms with Crippen LogP contribution in [0.25, 0.3) is 0 Å². The summed E-state index contributed by atoms with van der Waals surface area (Å²) in [5, 5.41) is 0. The smallest absolute Gasteiger partial charge is 0.309 e. The molecular weight excluding hydrogens is 315 g/mol. The molecule has 0 aromatic heterocycles. The molecule has 1 saturated carbocycles. The number of nitrogens with zero attached hydrogens (tertiary/aromatic N) is 1. The van der Waals surface area contributed by atoms with Gasteiger partial charge in [-0.2, -0.15) is 13.2 Å².